The third kappa shape index (κ3) is 3.97. The first-order valence-electron chi connectivity index (χ1n) is 13.7. The highest BCUT2D eigenvalue weighted by Crippen LogP contribution is 2.68. The number of fused-ring (bicyclic) bond motifs is 5. The van der Waals surface area contributed by atoms with Gasteiger partial charge >= 0.3 is 0 Å². The number of nitrogens with zero attached hydrogens (tertiary/aromatic N) is 1. The number of hydrogen-bond donors (Lipinski definition) is 1. The van der Waals surface area contributed by atoms with Gasteiger partial charge < -0.3 is 4.90 Å². The van der Waals surface area contributed by atoms with E-state index < -0.39 is 15.4 Å². The van der Waals surface area contributed by atoms with Crippen LogP contribution < -0.4 is 0 Å². The monoisotopic (exact) mass is 493 g/mol. The van der Waals surface area contributed by atoms with Crippen LogP contribution in [0.1, 0.15) is 91.4 Å². The Hall–Kier alpha value is -0.950. The van der Waals surface area contributed by atoms with Gasteiger partial charge in [0.25, 0.3) is 10.1 Å². The van der Waals surface area contributed by atoms with Crippen LogP contribution >= 0.6 is 0 Å². The molecule has 1 amide bonds. The Labute approximate surface area is 205 Å². The molecule has 8 unspecified atom stereocenters. The highest BCUT2D eigenvalue weighted by atomic mass is 32.2. The molecule has 4 aliphatic carbocycles. The van der Waals surface area contributed by atoms with Crippen LogP contribution in [0.15, 0.2) is 0 Å². The first-order chi connectivity index (χ1) is 15.9. The molecule has 0 aromatic heterocycles. The summed E-state index contributed by atoms with van der Waals surface area (Å²) in [6.07, 6.45) is 11.7. The maximum atomic E-state index is 12.6. The van der Waals surface area contributed by atoms with Gasteiger partial charge in [-0.3, -0.25) is 14.1 Å². The second-order valence-electron chi connectivity index (χ2n) is 13.1. The summed E-state index contributed by atoms with van der Waals surface area (Å²) in [6.45, 7) is 7.62. The Bertz CT molecular complexity index is 943. The van der Waals surface area contributed by atoms with Gasteiger partial charge in [-0.15, -0.1) is 0 Å². The van der Waals surface area contributed by atoms with Gasteiger partial charge in [0.2, 0.25) is 5.91 Å². The van der Waals surface area contributed by atoms with Crippen LogP contribution in [0.5, 0.6) is 0 Å². The summed E-state index contributed by atoms with van der Waals surface area (Å²) in [7, 11) is -4.03. The Morgan fingerprint density at radius 3 is 2.47 bits per heavy atom. The summed E-state index contributed by atoms with van der Waals surface area (Å²) in [6, 6.07) is 0. The fourth-order valence-corrected chi connectivity index (χ4v) is 10.3. The lowest BCUT2D eigenvalue weighted by atomic mass is 9.44. The molecule has 0 aromatic carbocycles. The summed E-state index contributed by atoms with van der Waals surface area (Å²) in [5.74, 6) is 4.57. The molecule has 5 fully saturated rings. The summed E-state index contributed by atoms with van der Waals surface area (Å²) >= 11 is 0. The lowest BCUT2D eigenvalue weighted by Crippen LogP contribution is -2.56. The first kappa shape index (κ1) is 24.7. The molecule has 8 atom stereocenters. The molecule has 0 radical (unpaired) electrons. The SMILES string of the molecule is CC(CCC(=O)N1CC(S(=O)(=O)O)C1)C1CCC2C3CCC4CC(=O)CCC4(C)C3CCC12C. The van der Waals surface area contributed by atoms with Crippen LogP contribution in [0, 0.1) is 46.3 Å². The van der Waals surface area contributed by atoms with Crippen LogP contribution in [0.4, 0.5) is 0 Å². The molecular weight excluding hydrogens is 450 g/mol. The molecule has 5 rings (SSSR count). The highest BCUT2D eigenvalue weighted by molar-refractivity contribution is 7.86. The van der Waals surface area contributed by atoms with Gasteiger partial charge in [-0.05, 0) is 97.7 Å². The van der Waals surface area contributed by atoms with Crippen LogP contribution in [0.3, 0.4) is 0 Å². The second-order valence-corrected chi connectivity index (χ2v) is 14.8. The molecular formula is C27H43NO5S. The smallest absolute Gasteiger partial charge is 0.271 e. The zero-order chi connectivity index (χ0) is 24.5. The third-order valence-electron chi connectivity index (χ3n) is 11.7. The molecule has 4 saturated carbocycles. The van der Waals surface area contributed by atoms with Gasteiger partial charge in [0.05, 0.1) is 0 Å². The Balaban J connectivity index is 1.20. The van der Waals surface area contributed by atoms with Crippen molar-refractivity contribution < 1.29 is 22.6 Å². The van der Waals surface area contributed by atoms with E-state index in [0.29, 0.717) is 40.8 Å². The quantitative estimate of drug-likeness (QED) is 0.559. The van der Waals surface area contributed by atoms with Crippen molar-refractivity contribution in [1.82, 2.24) is 4.90 Å². The molecule has 5 aliphatic rings. The zero-order valence-corrected chi connectivity index (χ0v) is 22.0. The van der Waals surface area contributed by atoms with Crippen LogP contribution in [-0.4, -0.2) is 47.9 Å². The van der Waals surface area contributed by atoms with E-state index in [2.05, 4.69) is 20.8 Å². The predicted octanol–water partition coefficient (Wildman–Crippen LogP) is 4.73. The molecule has 7 heteroatoms. The predicted molar refractivity (Wildman–Crippen MR) is 131 cm³/mol. The maximum Gasteiger partial charge on any atom is 0.271 e. The lowest BCUT2D eigenvalue weighted by Gasteiger charge is -2.60. The maximum absolute atomic E-state index is 12.6. The standard InChI is InChI=1S/C27H43NO5S/c1-17(4-9-25(30)28-15-20(16-28)34(31,32)33)22-7-8-23-21-6-5-18-14-19(29)10-12-26(18,2)24(21)11-13-27(22,23)3/h17-18,20-24H,4-16H2,1-3H3,(H,31,32,33). The Morgan fingerprint density at radius 2 is 1.76 bits per heavy atom. The van der Waals surface area contributed by atoms with Gasteiger partial charge in [0.15, 0.2) is 0 Å². The highest BCUT2D eigenvalue weighted by Gasteiger charge is 2.60. The average Bonchev–Trinajstić information content (AvgIpc) is 3.07. The number of carbonyl (C=O) groups is 2. The molecule has 0 spiro atoms. The minimum absolute atomic E-state index is 0.0215. The van der Waals surface area contributed by atoms with E-state index in [-0.39, 0.29) is 19.0 Å². The number of hydrogen-bond acceptors (Lipinski definition) is 4. The fourth-order valence-electron chi connectivity index (χ4n) is 9.56. The van der Waals surface area contributed by atoms with Crippen LogP contribution in [0.2, 0.25) is 0 Å². The van der Waals surface area contributed by atoms with E-state index in [9.17, 15) is 18.0 Å². The molecule has 1 aliphatic heterocycles. The summed E-state index contributed by atoms with van der Waals surface area (Å²) in [5, 5.41) is -0.808. The molecule has 1 saturated heterocycles. The lowest BCUT2D eigenvalue weighted by molar-refractivity contribution is -0.140. The third-order valence-corrected chi connectivity index (χ3v) is 12.8. The summed E-state index contributed by atoms with van der Waals surface area (Å²) in [4.78, 5) is 26.3. The molecule has 192 valence electrons. The van der Waals surface area contributed by atoms with Crippen molar-refractivity contribution in [3.8, 4) is 0 Å². The van der Waals surface area contributed by atoms with Gasteiger partial charge in [0, 0.05) is 32.4 Å². The van der Waals surface area contributed by atoms with Crippen molar-refractivity contribution in [1.29, 1.82) is 0 Å². The number of likely N-dealkylation sites (tertiary alicyclic amines) is 1. The van der Waals surface area contributed by atoms with E-state index in [0.717, 1.165) is 43.4 Å². The van der Waals surface area contributed by atoms with Gasteiger partial charge in [-0.2, -0.15) is 8.42 Å². The van der Waals surface area contributed by atoms with Crippen LogP contribution in [-0.2, 0) is 19.7 Å². The van der Waals surface area contributed by atoms with E-state index >= 15 is 0 Å². The molecule has 0 aromatic rings. The first-order valence-corrected chi connectivity index (χ1v) is 15.2. The van der Waals surface area contributed by atoms with Crippen molar-refractivity contribution in [3.63, 3.8) is 0 Å². The summed E-state index contributed by atoms with van der Waals surface area (Å²) in [5.41, 5.74) is 0.704. The number of carbonyl (C=O) groups excluding carboxylic acids is 2. The van der Waals surface area contributed by atoms with Gasteiger partial charge in [0.1, 0.15) is 11.0 Å². The van der Waals surface area contributed by atoms with Gasteiger partial charge in [-0.25, -0.2) is 0 Å². The van der Waals surface area contributed by atoms with E-state index in [4.69, 9.17) is 4.55 Å². The van der Waals surface area contributed by atoms with Crippen molar-refractivity contribution >= 4 is 21.8 Å². The van der Waals surface area contributed by atoms with E-state index in [1.807, 2.05) is 0 Å². The minimum atomic E-state index is -4.03. The fraction of sp³-hybridized carbons (Fsp3) is 0.926. The topological polar surface area (TPSA) is 91.8 Å². The number of ketones is 1. The molecule has 6 nitrogen and oxygen atoms in total. The number of Topliss-reactive ketones (excluding diaryl/α,β-unsaturated/α-hetero) is 1. The second kappa shape index (κ2) is 8.57. The Kier molecular flexibility index (Phi) is 6.23. The average molecular weight is 494 g/mol. The van der Waals surface area contributed by atoms with Crippen molar-refractivity contribution in [3.05, 3.63) is 0 Å². The van der Waals surface area contributed by atoms with E-state index in [1.54, 1.807) is 4.90 Å². The van der Waals surface area contributed by atoms with Crippen LogP contribution in [0.25, 0.3) is 0 Å². The molecule has 34 heavy (non-hydrogen) atoms. The molecule has 1 heterocycles. The van der Waals surface area contributed by atoms with Crippen molar-refractivity contribution in [2.45, 2.75) is 96.7 Å². The largest absolute Gasteiger partial charge is 0.340 e. The Morgan fingerprint density at radius 1 is 1.06 bits per heavy atom. The number of rotatable bonds is 5. The number of amides is 1. The summed E-state index contributed by atoms with van der Waals surface area (Å²) < 4.78 is 31.5. The van der Waals surface area contributed by atoms with Crippen molar-refractivity contribution in [2.75, 3.05) is 13.1 Å². The van der Waals surface area contributed by atoms with Gasteiger partial charge in [-0.1, -0.05) is 20.8 Å². The minimum Gasteiger partial charge on any atom is -0.340 e. The molecule has 1 N–H and O–H groups in total. The molecule has 0 bridgehead atoms. The van der Waals surface area contributed by atoms with E-state index in [1.165, 1.54) is 38.5 Å². The van der Waals surface area contributed by atoms with Crippen molar-refractivity contribution in [2.24, 2.45) is 46.3 Å². The zero-order valence-electron chi connectivity index (χ0n) is 21.2. The normalized spacial score (nSPS) is 43.5.